The molecule has 0 aliphatic carbocycles. The van der Waals surface area contributed by atoms with Gasteiger partial charge in [-0.05, 0) is 25.0 Å². The molecule has 0 unspecified atom stereocenters. The largest absolute Gasteiger partial charge is 0.354 e. The second kappa shape index (κ2) is 2.86. The van der Waals surface area contributed by atoms with Crippen LogP contribution in [0, 0.1) is 13.8 Å². The normalized spacial score (nSPS) is 11.3. The summed E-state index contributed by atoms with van der Waals surface area (Å²) in [5.74, 6) is 0. The van der Waals surface area contributed by atoms with Gasteiger partial charge in [0.05, 0.1) is 0 Å². The van der Waals surface area contributed by atoms with E-state index < -0.39 is 0 Å². The van der Waals surface area contributed by atoms with E-state index in [4.69, 9.17) is 0 Å². The minimum absolute atomic E-state index is 0. The molecule has 0 amide bonds. The molecule has 1 heterocycles. The molecule has 0 fully saturated rings. The lowest BCUT2D eigenvalue weighted by Gasteiger charge is -1.94. The molecule has 0 aliphatic rings. The van der Waals surface area contributed by atoms with Gasteiger partial charge in [-0.25, -0.2) is 0 Å². The van der Waals surface area contributed by atoms with Gasteiger partial charge in [0.2, 0.25) is 0 Å². The van der Waals surface area contributed by atoms with E-state index in [0.717, 1.165) is 0 Å². The maximum absolute atomic E-state index is 3.51. The summed E-state index contributed by atoms with van der Waals surface area (Å²) in [6, 6.07) is 12.9. The van der Waals surface area contributed by atoms with E-state index in [1.165, 1.54) is 32.9 Å². The Kier molecular flexibility index (Phi) is 1.63. The van der Waals surface area contributed by atoms with Crippen molar-refractivity contribution in [2.45, 2.75) is 13.8 Å². The summed E-state index contributed by atoms with van der Waals surface area (Å²) in [5, 5.41) is 2.66. The lowest BCUT2D eigenvalue weighted by Crippen LogP contribution is -1.74. The fourth-order valence-corrected chi connectivity index (χ4v) is 2.24. The fraction of sp³-hybridized carbons (Fsp3) is 0.143. The molecule has 0 spiro atoms. The first kappa shape index (κ1) is 8.54. The van der Waals surface area contributed by atoms with Gasteiger partial charge in [-0.3, -0.25) is 0 Å². The number of aromatic nitrogens is 1. The number of nitrogens with one attached hydrogen (secondary N) is 1. The van der Waals surface area contributed by atoms with Crippen LogP contribution in [0.15, 0.2) is 36.4 Å². The molecule has 0 atom stereocenters. The molecule has 0 saturated carbocycles. The molecule has 1 aromatic heterocycles. The van der Waals surface area contributed by atoms with E-state index in [9.17, 15) is 0 Å². The van der Waals surface area contributed by atoms with Gasteiger partial charge in [-0.15, -0.1) is 0 Å². The number of H-pyrrole nitrogens is 1. The average Bonchev–Trinajstić information content (AvgIpc) is 2.60. The van der Waals surface area contributed by atoms with Gasteiger partial charge in [0.1, 0.15) is 0 Å². The van der Waals surface area contributed by atoms with E-state index in [-0.39, 0.29) is 1.43 Å². The van der Waals surface area contributed by atoms with Crippen LogP contribution in [-0.4, -0.2) is 4.98 Å². The number of benzene rings is 2. The number of aromatic amines is 1. The lowest BCUT2D eigenvalue weighted by atomic mass is 10.1. The molecule has 0 radical (unpaired) electrons. The quantitative estimate of drug-likeness (QED) is 0.556. The van der Waals surface area contributed by atoms with Gasteiger partial charge >= 0.3 is 0 Å². The second-order valence-electron chi connectivity index (χ2n) is 4.12. The van der Waals surface area contributed by atoms with E-state index in [0.29, 0.717) is 0 Å². The van der Waals surface area contributed by atoms with Crippen LogP contribution >= 0.6 is 0 Å². The van der Waals surface area contributed by atoms with Gasteiger partial charge < -0.3 is 4.98 Å². The molecule has 15 heavy (non-hydrogen) atoms. The zero-order chi connectivity index (χ0) is 10.4. The SMILES string of the molecule is Cc1cccc2c1[nH]c1c(C)cccc12.[HH]. The number of hydrogen-bond donors (Lipinski definition) is 1. The van der Waals surface area contributed by atoms with Crippen LogP contribution in [0.25, 0.3) is 21.8 Å². The molecule has 2 aromatic carbocycles. The van der Waals surface area contributed by atoms with E-state index in [1.807, 2.05) is 0 Å². The van der Waals surface area contributed by atoms with E-state index >= 15 is 0 Å². The third-order valence-corrected chi connectivity index (χ3v) is 3.09. The minimum atomic E-state index is 0. The zero-order valence-corrected chi connectivity index (χ0v) is 8.96. The summed E-state index contributed by atoms with van der Waals surface area (Å²) in [6.07, 6.45) is 0. The predicted molar refractivity (Wildman–Crippen MR) is 67.4 cm³/mol. The molecule has 3 aromatic rings. The van der Waals surface area contributed by atoms with Crippen LogP contribution in [-0.2, 0) is 0 Å². The van der Waals surface area contributed by atoms with Crippen molar-refractivity contribution in [3.8, 4) is 0 Å². The highest BCUT2D eigenvalue weighted by atomic mass is 14.7. The number of hydrogen-bond acceptors (Lipinski definition) is 0. The minimum Gasteiger partial charge on any atom is -0.354 e. The molecule has 1 N–H and O–H groups in total. The van der Waals surface area contributed by atoms with Crippen LogP contribution in [0.5, 0.6) is 0 Å². The number of fused-ring (bicyclic) bond motifs is 3. The van der Waals surface area contributed by atoms with Gasteiger partial charge in [-0.2, -0.15) is 0 Å². The van der Waals surface area contributed by atoms with Crippen LogP contribution in [0.4, 0.5) is 0 Å². The topological polar surface area (TPSA) is 15.8 Å². The molecule has 3 rings (SSSR count). The van der Waals surface area contributed by atoms with Crippen LogP contribution in [0.3, 0.4) is 0 Å². The maximum Gasteiger partial charge on any atom is 0.0494 e. The third kappa shape index (κ3) is 1.09. The van der Waals surface area contributed by atoms with Crippen molar-refractivity contribution < 1.29 is 1.43 Å². The molecular formula is C14H15N. The summed E-state index contributed by atoms with van der Waals surface area (Å²) in [7, 11) is 0. The van der Waals surface area contributed by atoms with Crippen molar-refractivity contribution >= 4 is 21.8 Å². The Morgan fingerprint density at radius 1 is 0.800 bits per heavy atom. The van der Waals surface area contributed by atoms with E-state index in [2.05, 4.69) is 55.2 Å². The number of rotatable bonds is 0. The standard InChI is InChI=1S/C14H13N.H2/c1-9-5-3-7-11-12-8-4-6-10(2)14(12)15-13(9)11;/h3-8,15H,1-2H3;1H. The highest BCUT2D eigenvalue weighted by Gasteiger charge is 2.06. The Bertz CT molecular complexity index is 596. The molecule has 76 valence electrons. The van der Waals surface area contributed by atoms with Crippen LogP contribution in [0.1, 0.15) is 12.6 Å². The summed E-state index contributed by atoms with van der Waals surface area (Å²) >= 11 is 0. The van der Waals surface area contributed by atoms with Crippen LogP contribution < -0.4 is 0 Å². The first-order valence-corrected chi connectivity index (χ1v) is 5.24. The second-order valence-corrected chi connectivity index (χ2v) is 4.12. The van der Waals surface area contributed by atoms with Gasteiger partial charge in [0, 0.05) is 23.2 Å². The molecule has 0 aliphatic heterocycles. The third-order valence-electron chi connectivity index (χ3n) is 3.09. The monoisotopic (exact) mass is 197 g/mol. The molecule has 1 heteroatoms. The van der Waals surface area contributed by atoms with Crippen molar-refractivity contribution in [1.29, 1.82) is 0 Å². The maximum atomic E-state index is 3.51. The average molecular weight is 197 g/mol. The number of aryl methyl sites for hydroxylation is 2. The highest BCUT2D eigenvalue weighted by molar-refractivity contribution is 6.09. The molecular weight excluding hydrogens is 182 g/mol. The van der Waals surface area contributed by atoms with E-state index in [1.54, 1.807) is 0 Å². The summed E-state index contributed by atoms with van der Waals surface area (Å²) in [5.41, 5.74) is 5.15. The number of para-hydroxylation sites is 2. The first-order chi connectivity index (χ1) is 7.27. The Morgan fingerprint density at radius 3 is 1.73 bits per heavy atom. The van der Waals surface area contributed by atoms with Gasteiger partial charge in [0.25, 0.3) is 0 Å². The van der Waals surface area contributed by atoms with Gasteiger partial charge in [0.15, 0.2) is 0 Å². The highest BCUT2D eigenvalue weighted by Crippen LogP contribution is 2.28. The van der Waals surface area contributed by atoms with Crippen molar-refractivity contribution in [2.75, 3.05) is 0 Å². The Balaban J connectivity index is 0.000000963. The van der Waals surface area contributed by atoms with Gasteiger partial charge in [-0.1, -0.05) is 36.4 Å². The summed E-state index contributed by atoms with van der Waals surface area (Å²) in [6.45, 7) is 4.29. The zero-order valence-electron chi connectivity index (χ0n) is 8.96. The smallest absolute Gasteiger partial charge is 0.0494 e. The van der Waals surface area contributed by atoms with Crippen LogP contribution in [0.2, 0.25) is 0 Å². The van der Waals surface area contributed by atoms with Crippen molar-refractivity contribution in [2.24, 2.45) is 0 Å². The van der Waals surface area contributed by atoms with Crippen molar-refractivity contribution in [1.82, 2.24) is 4.98 Å². The molecule has 1 nitrogen and oxygen atoms in total. The molecule has 0 saturated heterocycles. The van der Waals surface area contributed by atoms with Crippen molar-refractivity contribution in [3.63, 3.8) is 0 Å². The fourth-order valence-electron chi connectivity index (χ4n) is 2.24. The Morgan fingerprint density at radius 2 is 1.27 bits per heavy atom. The summed E-state index contributed by atoms with van der Waals surface area (Å²) < 4.78 is 0. The first-order valence-electron chi connectivity index (χ1n) is 5.24. The summed E-state index contributed by atoms with van der Waals surface area (Å²) in [4.78, 5) is 3.51. The lowest BCUT2D eigenvalue weighted by molar-refractivity contribution is 1.42. The Labute approximate surface area is 90.2 Å². The van der Waals surface area contributed by atoms with Crippen molar-refractivity contribution in [3.05, 3.63) is 47.5 Å². The predicted octanol–water partition coefficient (Wildman–Crippen LogP) is 4.18. The molecule has 0 bridgehead atoms. The Hall–Kier alpha value is -1.76.